The van der Waals surface area contributed by atoms with Crippen molar-refractivity contribution in [2.45, 2.75) is 6.92 Å². The summed E-state index contributed by atoms with van der Waals surface area (Å²) in [6.07, 6.45) is 1.56. The number of carbonyl (C=O) groups is 1. The highest BCUT2D eigenvalue weighted by Gasteiger charge is 1.97. The van der Waals surface area contributed by atoms with Gasteiger partial charge in [-0.15, -0.1) is 0 Å². The molecule has 1 amide bonds. The molecule has 0 fully saturated rings. The number of nitrogens with zero attached hydrogens (tertiary/aromatic N) is 2. The Morgan fingerprint density at radius 2 is 2.50 bits per heavy atom. The lowest BCUT2D eigenvalue weighted by molar-refractivity contribution is -0.114. The van der Waals surface area contributed by atoms with Crippen LogP contribution in [-0.4, -0.2) is 15.9 Å². The first kappa shape index (κ1) is 11.3. The molecule has 4 nitrogen and oxygen atoms in total. The highest BCUT2D eigenvalue weighted by Crippen LogP contribution is 2.07. The summed E-state index contributed by atoms with van der Waals surface area (Å²) in [5, 5.41) is 5.32. The van der Waals surface area contributed by atoms with Crippen molar-refractivity contribution >= 4 is 41.9 Å². The normalized spacial score (nSPS) is 8.71. The highest BCUT2D eigenvalue weighted by atomic mass is 127. The number of aromatic nitrogens is 2. The average molecular weight is 319 g/mol. The van der Waals surface area contributed by atoms with Gasteiger partial charge in [-0.05, 0) is 26.2 Å². The smallest absolute Gasteiger partial charge is 0.222 e. The molecule has 72 valence electrons. The van der Waals surface area contributed by atoms with Gasteiger partial charge >= 0.3 is 0 Å². The predicted octanol–water partition coefficient (Wildman–Crippen LogP) is 1.83. The lowest BCUT2D eigenvalue weighted by Gasteiger charge is -1.99. The molecule has 14 heavy (non-hydrogen) atoms. The van der Waals surface area contributed by atoms with E-state index in [0.29, 0.717) is 11.6 Å². The molecule has 0 aromatic carbocycles. The fraction of sp³-hybridized carbons (Fsp3) is 0.125. The topological polar surface area (TPSA) is 54.9 Å². The maximum Gasteiger partial charge on any atom is 0.222 e. The van der Waals surface area contributed by atoms with E-state index >= 15 is 0 Å². The zero-order chi connectivity index (χ0) is 10.4. The van der Waals surface area contributed by atoms with Crippen LogP contribution in [0.1, 0.15) is 12.7 Å². The summed E-state index contributed by atoms with van der Waals surface area (Å²) in [6.45, 7) is 1.42. The van der Waals surface area contributed by atoms with Crippen LogP contribution in [0.2, 0.25) is 0 Å². The number of halogens is 1. The number of hydrogen-bond acceptors (Lipinski definition) is 4. The summed E-state index contributed by atoms with van der Waals surface area (Å²) in [6, 6.07) is 1.61. The minimum Gasteiger partial charge on any atom is -0.311 e. The molecular weight excluding hydrogens is 313 g/mol. The van der Waals surface area contributed by atoms with Crippen molar-refractivity contribution in [3.63, 3.8) is 0 Å². The van der Waals surface area contributed by atoms with E-state index in [9.17, 15) is 4.79 Å². The van der Waals surface area contributed by atoms with Crippen molar-refractivity contribution in [3.05, 3.63) is 18.1 Å². The van der Waals surface area contributed by atoms with Crippen LogP contribution < -0.4 is 5.32 Å². The molecule has 0 aliphatic heterocycles. The summed E-state index contributed by atoms with van der Waals surface area (Å²) in [5.41, 5.74) is 0. The van der Waals surface area contributed by atoms with E-state index in [2.05, 4.69) is 47.7 Å². The Balaban J connectivity index is 2.84. The van der Waals surface area contributed by atoms with Gasteiger partial charge in [-0.25, -0.2) is 9.97 Å². The molecular formula is C8H6IN3OS. The van der Waals surface area contributed by atoms with Gasteiger partial charge in [-0.2, -0.15) is 0 Å². The Hall–Kier alpha value is -0.810. The SMILES string of the molecule is CC(=O)Nc1ccnc(C#CSI)n1. The molecule has 0 saturated carbocycles. The number of amides is 1. The van der Waals surface area contributed by atoms with E-state index in [1.165, 1.54) is 15.9 Å². The lowest BCUT2D eigenvalue weighted by atomic mass is 10.5. The van der Waals surface area contributed by atoms with Crippen molar-refractivity contribution in [1.82, 2.24) is 9.97 Å². The number of carbonyl (C=O) groups excluding carboxylic acids is 1. The van der Waals surface area contributed by atoms with Crippen molar-refractivity contribution in [2.24, 2.45) is 0 Å². The van der Waals surface area contributed by atoms with Gasteiger partial charge in [0.2, 0.25) is 11.7 Å². The molecule has 0 aliphatic carbocycles. The third-order valence-electron chi connectivity index (χ3n) is 1.16. The van der Waals surface area contributed by atoms with Gasteiger partial charge in [0.15, 0.2) is 0 Å². The Kier molecular flexibility index (Phi) is 4.69. The molecule has 1 rings (SSSR count). The summed E-state index contributed by atoms with van der Waals surface area (Å²) in [5.74, 6) is 3.45. The number of hydrogen-bond donors (Lipinski definition) is 1. The van der Waals surface area contributed by atoms with Crippen molar-refractivity contribution < 1.29 is 4.79 Å². The fourth-order valence-corrected chi connectivity index (χ4v) is 1.19. The molecule has 0 atom stereocenters. The van der Waals surface area contributed by atoms with Crippen molar-refractivity contribution in [2.75, 3.05) is 5.32 Å². The highest BCUT2D eigenvalue weighted by molar-refractivity contribution is 14.2. The number of anilines is 1. The number of nitrogens with one attached hydrogen (secondary N) is 1. The van der Waals surface area contributed by atoms with E-state index in [4.69, 9.17) is 0 Å². The van der Waals surface area contributed by atoms with Gasteiger partial charge in [-0.3, -0.25) is 4.79 Å². The number of rotatable bonds is 1. The van der Waals surface area contributed by atoms with E-state index in [1.807, 2.05) is 0 Å². The Labute approximate surface area is 97.9 Å². The zero-order valence-electron chi connectivity index (χ0n) is 7.24. The van der Waals surface area contributed by atoms with Crippen LogP contribution >= 0.6 is 30.1 Å². The van der Waals surface area contributed by atoms with Crippen LogP contribution in [0.3, 0.4) is 0 Å². The van der Waals surface area contributed by atoms with Crippen LogP contribution in [0.15, 0.2) is 12.3 Å². The molecule has 1 aromatic rings. The van der Waals surface area contributed by atoms with E-state index in [-0.39, 0.29) is 5.91 Å². The Morgan fingerprint density at radius 1 is 1.71 bits per heavy atom. The molecule has 0 bridgehead atoms. The largest absolute Gasteiger partial charge is 0.311 e. The second kappa shape index (κ2) is 5.82. The maximum atomic E-state index is 10.7. The molecule has 1 heterocycles. The summed E-state index contributed by atoms with van der Waals surface area (Å²) < 4.78 is 0. The molecule has 0 spiro atoms. The van der Waals surface area contributed by atoms with Crippen LogP contribution in [0.5, 0.6) is 0 Å². The standard InChI is InChI=1S/C8H6IN3OS/c1-6(13)11-8-2-4-10-7(12-8)3-5-14-9/h2,4H,1H3,(H,10,11,12,13). The molecule has 0 unspecified atom stereocenters. The third kappa shape index (κ3) is 3.93. The van der Waals surface area contributed by atoms with E-state index < -0.39 is 0 Å². The predicted molar refractivity (Wildman–Crippen MR) is 64.8 cm³/mol. The van der Waals surface area contributed by atoms with Crippen LogP contribution in [-0.2, 0) is 4.79 Å². The molecule has 0 aliphatic rings. The molecule has 0 radical (unpaired) electrons. The minimum atomic E-state index is -0.161. The maximum absolute atomic E-state index is 10.7. The summed E-state index contributed by atoms with van der Waals surface area (Å²) in [4.78, 5) is 18.7. The van der Waals surface area contributed by atoms with Gasteiger partial charge in [-0.1, -0.05) is 0 Å². The van der Waals surface area contributed by atoms with Crippen LogP contribution in [0.4, 0.5) is 5.82 Å². The molecule has 6 heteroatoms. The first-order valence-electron chi connectivity index (χ1n) is 3.61. The Morgan fingerprint density at radius 3 is 3.14 bits per heavy atom. The van der Waals surface area contributed by atoms with Crippen molar-refractivity contribution in [1.29, 1.82) is 0 Å². The van der Waals surface area contributed by atoms with Crippen molar-refractivity contribution in [3.8, 4) is 11.2 Å². The summed E-state index contributed by atoms with van der Waals surface area (Å²) >= 11 is 2.06. The van der Waals surface area contributed by atoms with Gasteiger partial charge in [0.1, 0.15) is 5.82 Å². The Bertz CT molecular complexity index is 399. The van der Waals surface area contributed by atoms with Gasteiger partial charge in [0.05, 0.1) is 0 Å². The minimum absolute atomic E-state index is 0.161. The molecule has 1 aromatic heterocycles. The first-order chi connectivity index (χ1) is 6.72. The van der Waals surface area contributed by atoms with Gasteiger partial charge in [0.25, 0.3) is 0 Å². The third-order valence-corrected chi connectivity index (χ3v) is 2.00. The fourth-order valence-electron chi connectivity index (χ4n) is 0.734. The van der Waals surface area contributed by atoms with Gasteiger partial charge < -0.3 is 5.32 Å². The zero-order valence-corrected chi connectivity index (χ0v) is 10.2. The van der Waals surface area contributed by atoms with Crippen LogP contribution in [0.25, 0.3) is 0 Å². The second-order valence-electron chi connectivity index (χ2n) is 2.25. The second-order valence-corrected chi connectivity index (χ2v) is 3.93. The van der Waals surface area contributed by atoms with E-state index in [1.54, 1.807) is 12.3 Å². The first-order valence-corrected chi connectivity index (χ1v) is 6.97. The summed E-state index contributed by atoms with van der Waals surface area (Å²) in [7, 11) is 1.36. The van der Waals surface area contributed by atoms with Crippen LogP contribution in [0, 0.1) is 11.2 Å². The molecule has 0 saturated heterocycles. The quantitative estimate of drug-likeness (QED) is 0.634. The van der Waals surface area contributed by atoms with E-state index in [0.717, 1.165) is 0 Å². The average Bonchev–Trinajstić information content (AvgIpc) is 2.14. The monoisotopic (exact) mass is 319 g/mol. The molecule has 1 N–H and O–H groups in total. The lowest BCUT2D eigenvalue weighted by Crippen LogP contribution is -2.08. The van der Waals surface area contributed by atoms with Gasteiger partial charge in [0, 0.05) is 34.3 Å².